The second kappa shape index (κ2) is 14.5. The minimum absolute atomic E-state index is 0.153. The van der Waals surface area contributed by atoms with Crippen molar-refractivity contribution in [3.8, 4) is 17.2 Å². The Labute approximate surface area is 227 Å². The number of likely N-dealkylation sites (N-methyl/N-ethyl adjacent to an activating group) is 1. The summed E-state index contributed by atoms with van der Waals surface area (Å²) in [6.45, 7) is 7.13. The van der Waals surface area contributed by atoms with Gasteiger partial charge in [0.05, 0.1) is 31.7 Å². The second-order valence-corrected chi connectivity index (χ2v) is 8.36. The van der Waals surface area contributed by atoms with Gasteiger partial charge in [0.1, 0.15) is 18.2 Å². The lowest BCUT2D eigenvalue weighted by molar-refractivity contribution is 0.0955. The molecule has 9 nitrogen and oxygen atoms in total. The summed E-state index contributed by atoms with van der Waals surface area (Å²) < 4.78 is 29.5. The van der Waals surface area contributed by atoms with Gasteiger partial charge in [-0.3, -0.25) is 9.59 Å². The van der Waals surface area contributed by atoms with Crippen LogP contribution in [0.5, 0.6) is 17.2 Å². The monoisotopic (exact) mass is 536 g/mol. The van der Waals surface area contributed by atoms with Gasteiger partial charge in [-0.25, -0.2) is 9.82 Å². The van der Waals surface area contributed by atoms with Crippen LogP contribution in [0.3, 0.4) is 0 Å². The van der Waals surface area contributed by atoms with Crippen LogP contribution < -0.4 is 25.0 Å². The summed E-state index contributed by atoms with van der Waals surface area (Å²) in [4.78, 5) is 28.4. The van der Waals surface area contributed by atoms with Crippen LogP contribution in [0.2, 0.25) is 0 Å². The number of amides is 2. The molecule has 0 unspecified atom stereocenters. The van der Waals surface area contributed by atoms with Gasteiger partial charge in [0, 0.05) is 12.1 Å². The Balaban J connectivity index is 1.82. The van der Waals surface area contributed by atoms with E-state index in [1.165, 1.54) is 44.7 Å². The number of nitrogens with one attached hydrogen (secondary N) is 2. The maximum atomic E-state index is 13.1. The normalized spacial score (nSPS) is 10.9. The molecule has 2 N–H and O–H groups in total. The first kappa shape index (κ1) is 29.1. The van der Waals surface area contributed by atoms with Gasteiger partial charge >= 0.3 is 0 Å². The maximum Gasteiger partial charge on any atom is 0.273 e. The molecule has 0 radical (unpaired) electrons. The lowest BCUT2D eigenvalue weighted by atomic mass is 10.1. The molecule has 3 rings (SSSR count). The fraction of sp³-hybridized carbons (Fsp3) is 0.276. The highest BCUT2D eigenvalue weighted by atomic mass is 19.1. The van der Waals surface area contributed by atoms with Gasteiger partial charge in [0.25, 0.3) is 11.8 Å². The first-order valence-corrected chi connectivity index (χ1v) is 12.5. The van der Waals surface area contributed by atoms with Crippen molar-refractivity contribution in [3.63, 3.8) is 0 Å². The van der Waals surface area contributed by atoms with Crippen molar-refractivity contribution in [3.05, 3.63) is 83.2 Å². The van der Waals surface area contributed by atoms with Gasteiger partial charge < -0.3 is 24.4 Å². The third kappa shape index (κ3) is 8.27. The summed E-state index contributed by atoms with van der Waals surface area (Å²) in [5.74, 6) is -0.0301. The van der Waals surface area contributed by atoms with Crippen molar-refractivity contribution in [2.45, 2.75) is 13.8 Å². The molecule has 39 heavy (non-hydrogen) atoms. The van der Waals surface area contributed by atoms with Crippen LogP contribution in [-0.4, -0.2) is 63.4 Å². The van der Waals surface area contributed by atoms with Crippen molar-refractivity contribution in [1.29, 1.82) is 0 Å². The second-order valence-electron chi connectivity index (χ2n) is 8.36. The maximum absolute atomic E-state index is 13.1. The number of benzene rings is 3. The molecule has 0 fully saturated rings. The van der Waals surface area contributed by atoms with Crippen LogP contribution >= 0.6 is 0 Å². The number of hydrogen-bond acceptors (Lipinski definition) is 7. The fourth-order valence-corrected chi connectivity index (χ4v) is 3.69. The van der Waals surface area contributed by atoms with E-state index in [4.69, 9.17) is 14.2 Å². The third-order valence-electron chi connectivity index (χ3n) is 5.95. The number of hydrazone groups is 1. The summed E-state index contributed by atoms with van der Waals surface area (Å²) in [5.41, 5.74) is 3.79. The minimum Gasteiger partial charge on any atom is -0.493 e. The molecule has 10 heteroatoms. The summed E-state index contributed by atoms with van der Waals surface area (Å²) >= 11 is 0. The van der Waals surface area contributed by atoms with Crippen LogP contribution in [0, 0.1) is 5.82 Å². The Hall–Kier alpha value is -4.44. The van der Waals surface area contributed by atoms with E-state index in [2.05, 4.69) is 34.6 Å². The average molecular weight is 537 g/mol. The van der Waals surface area contributed by atoms with Crippen LogP contribution in [0.1, 0.15) is 40.1 Å². The molecule has 0 saturated heterocycles. The SMILES string of the molecule is CCN(CC)CCOc1ccc(NC(=O)c2ccc(OC)c(OC)c2)c(C(=O)N/N=C/c2ccc(F)cc2)c1. The molecule has 2 amide bonds. The van der Waals surface area contributed by atoms with Crippen molar-refractivity contribution < 1.29 is 28.2 Å². The largest absolute Gasteiger partial charge is 0.493 e. The van der Waals surface area contributed by atoms with Gasteiger partial charge in [-0.2, -0.15) is 5.10 Å². The molecule has 0 heterocycles. The topological polar surface area (TPSA) is 101 Å². The number of methoxy groups -OCH3 is 2. The highest BCUT2D eigenvalue weighted by Crippen LogP contribution is 2.29. The number of anilines is 1. The van der Waals surface area contributed by atoms with E-state index in [0.717, 1.165) is 19.6 Å². The molecule has 0 atom stereocenters. The molecule has 0 aliphatic heterocycles. The number of rotatable bonds is 13. The van der Waals surface area contributed by atoms with E-state index < -0.39 is 11.8 Å². The molecule has 0 saturated carbocycles. The average Bonchev–Trinajstić information content (AvgIpc) is 2.96. The predicted molar refractivity (Wildman–Crippen MR) is 149 cm³/mol. The lowest BCUT2D eigenvalue weighted by Crippen LogP contribution is -2.28. The Morgan fingerprint density at radius 1 is 0.923 bits per heavy atom. The van der Waals surface area contributed by atoms with Gasteiger partial charge in [0.15, 0.2) is 11.5 Å². The summed E-state index contributed by atoms with van der Waals surface area (Å²) in [6.07, 6.45) is 1.39. The predicted octanol–water partition coefficient (Wildman–Crippen LogP) is 4.58. The van der Waals surface area contributed by atoms with Crippen LogP contribution in [0.15, 0.2) is 65.8 Å². The molecule has 0 aliphatic carbocycles. The quantitative estimate of drug-likeness (QED) is 0.245. The zero-order chi connectivity index (χ0) is 28.2. The first-order valence-electron chi connectivity index (χ1n) is 12.5. The third-order valence-corrected chi connectivity index (χ3v) is 5.95. The van der Waals surface area contributed by atoms with Crippen molar-refractivity contribution in [2.24, 2.45) is 5.10 Å². The molecule has 0 aliphatic rings. The zero-order valence-electron chi connectivity index (χ0n) is 22.5. The van der Waals surface area contributed by atoms with Crippen LogP contribution in [-0.2, 0) is 0 Å². The van der Waals surface area contributed by atoms with Crippen molar-refractivity contribution in [1.82, 2.24) is 10.3 Å². The highest BCUT2D eigenvalue weighted by molar-refractivity contribution is 6.09. The molecule has 0 spiro atoms. The molecular formula is C29H33FN4O5. The number of ether oxygens (including phenoxy) is 3. The molecule has 0 aromatic heterocycles. The summed E-state index contributed by atoms with van der Waals surface area (Å²) in [5, 5.41) is 6.74. The summed E-state index contributed by atoms with van der Waals surface area (Å²) in [7, 11) is 2.99. The molecular weight excluding hydrogens is 503 g/mol. The number of carbonyl (C=O) groups is 2. The van der Waals surface area contributed by atoms with Gasteiger partial charge in [-0.1, -0.05) is 26.0 Å². The van der Waals surface area contributed by atoms with Crippen LogP contribution in [0.4, 0.5) is 10.1 Å². The standard InChI is InChI=1S/C29H33FN4O5/c1-5-34(6-2)15-16-39-23-12-13-25(32-28(35)21-9-14-26(37-3)27(17-21)38-4)24(18-23)29(36)33-31-19-20-7-10-22(30)11-8-20/h7-14,17-19H,5-6,15-16H2,1-4H3,(H,32,35)(H,33,36)/b31-19+. The molecule has 206 valence electrons. The van der Waals surface area contributed by atoms with E-state index in [9.17, 15) is 14.0 Å². The minimum atomic E-state index is -0.565. The van der Waals surface area contributed by atoms with Crippen molar-refractivity contribution in [2.75, 3.05) is 45.8 Å². The molecule has 3 aromatic rings. The van der Waals surface area contributed by atoms with Gasteiger partial charge in [-0.15, -0.1) is 0 Å². The number of nitrogens with zero attached hydrogens (tertiary/aromatic N) is 2. The molecule has 3 aromatic carbocycles. The number of halogens is 1. The van der Waals surface area contributed by atoms with Crippen molar-refractivity contribution >= 4 is 23.7 Å². The Bertz CT molecular complexity index is 1290. The first-order chi connectivity index (χ1) is 18.9. The fourth-order valence-electron chi connectivity index (χ4n) is 3.69. The van der Waals surface area contributed by atoms with E-state index in [1.807, 2.05) is 0 Å². The Kier molecular flexibility index (Phi) is 10.8. The van der Waals surface area contributed by atoms with E-state index >= 15 is 0 Å². The number of hydrogen-bond donors (Lipinski definition) is 2. The number of carbonyl (C=O) groups excluding carboxylic acids is 2. The van der Waals surface area contributed by atoms with E-state index in [1.54, 1.807) is 36.4 Å². The lowest BCUT2D eigenvalue weighted by Gasteiger charge is -2.18. The Morgan fingerprint density at radius 3 is 2.31 bits per heavy atom. The Morgan fingerprint density at radius 2 is 1.64 bits per heavy atom. The van der Waals surface area contributed by atoms with Crippen LogP contribution in [0.25, 0.3) is 0 Å². The molecule has 0 bridgehead atoms. The zero-order valence-corrected chi connectivity index (χ0v) is 22.5. The summed E-state index contributed by atoms with van der Waals surface area (Å²) in [6, 6.07) is 15.3. The highest BCUT2D eigenvalue weighted by Gasteiger charge is 2.17. The van der Waals surface area contributed by atoms with Gasteiger partial charge in [0.2, 0.25) is 0 Å². The smallest absolute Gasteiger partial charge is 0.273 e. The van der Waals surface area contributed by atoms with E-state index in [-0.39, 0.29) is 17.1 Å². The van der Waals surface area contributed by atoms with E-state index in [0.29, 0.717) is 35.0 Å². The van der Waals surface area contributed by atoms with Gasteiger partial charge in [-0.05, 0) is 67.2 Å².